The van der Waals surface area contributed by atoms with Gasteiger partial charge in [0.25, 0.3) is 0 Å². The quantitative estimate of drug-likeness (QED) is 0.606. The molecule has 1 rings (SSSR count). The van der Waals surface area contributed by atoms with Gasteiger partial charge < -0.3 is 9.64 Å². The first-order valence-electron chi connectivity index (χ1n) is 6.08. The summed E-state index contributed by atoms with van der Waals surface area (Å²) in [4.78, 5) is 24.0. The molecule has 104 valence electrons. The minimum absolute atomic E-state index is 0.177. The van der Waals surface area contributed by atoms with Crippen LogP contribution in [-0.4, -0.2) is 36.6 Å². The van der Waals surface area contributed by atoms with E-state index in [1.807, 2.05) is 38.1 Å². The number of amides is 1. The zero-order valence-corrected chi connectivity index (χ0v) is 11.7. The Bertz CT molecular complexity index is 449. The van der Waals surface area contributed by atoms with Crippen molar-refractivity contribution in [3.05, 3.63) is 34.7 Å². The summed E-state index contributed by atoms with van der Waals surface area (Å²) in [5, 5.41) is 3.31. The smallest absolute Gasteiger partial charge is 0.409 e. The van der Waals surface area contributed by atoms with E-state index in [1.165, 1.54) is 0 Å². The molecule has 1 atom stereocenters. The van der Waals surface area contributed by atoms with Gasteiger partial charge in [-0.15, -0.1) is 4.91 Å². The van der Waals surface area contributed by atoms with Crippen LogP contribution in [0.3, 0.4) is 0 Å². The Morgan fingerprint density at radius 2 is 2.11 bits per heavy atom. The van der Waals surface area contributed by atoms with E-state index in [1.54, 1.807) is 19.1 Å². The van der Waals surface area contributed by atoms with E-state index in [2.05, 4.69) is 5.29 Å². The molecule has 0 N–H and O–H groups in total. The summed E-state index contributed by atoms with van der Waals surface area (Å²) in [7, 11) is 3.94. The lowest BCUT2D eigenvalue weighted by atomic mass is 10.1. The summed E-state index contributed by atoms with van der Waals surface area (Å²) in [6.45, 7) is 3.87. The van der Waals surface area contributed by atoms with E-state index in [9.17, 15) is 9.70 Å². The van der Waals surface area contributed by atoms with Crippen LogP contribution >= 0.6 is 0 Å². The molecule has 0 heterocycles. The predicted octanol–water partition coefficient (Wildman–Crippen LogP) is 2.81. The van der Waals surface area contributed by atoms with Crippen LogP contribution in [0.5, 0.6) is 5.75 Å². The number of carbonyl (C=O) groups excluding carboxylic acids is 1. The number of hydrogen-bond acceptors (Lipinski definition) is 5. The summed E-state index contributed by atoms with van der Waals surface area (Å²) >= 11 is 0. The maximum absolute atomic E-state index is 11.6. The third-order valence-corrected chi connectivity index (χ3v) is 2.93. The Morgan fingerprint density at radius 3 is 2.63 bits per heavy atom. The van der Waals surface area contributed by atoms with Gasteiger partial charge in [-0.05, 0) is 45.6 Å². The van der Waals surface area contributed by atoms with Gasteiger partial charge in [0.05, 0.1) is 5.29 Å². The number of rotatable bonds is 5. The molecule has 0 aliphatic carbocycles. The highest BCUT2D eigenvalue weighted by Crippen LogP contribution is 2.22. The second kappa shape index (κ2) is 6.84. The van der Waals surface area contributed by atoms with Crippen molar-refractivity contribution >= 4 is 6.09 Å². The van der Waals surface area contributed by atoms with Crippen molar-refractivity contribution < 1.29 is 9.53 Å². The molecule has 19 heavy (non-hydrogen) atoms. The molecular formula is C13H19N3O3. The van der Waals surface area contributed by atoms with Crippen molar-refractivity contribution in [3.63, 3.8) is 0 Å². The molecule has 0 aromatic heterocycles. The van der Waals surface area contributed by atoms with Crippen LogP contribution in [0.1, 0.15) is 25.5 Å². The molecule has 6 heteroatoms. The molecule has 0 fully saturated rings. The number of benzene rings is 1. The van der Waals surface area contributed by atoms with Crippen LogP contribution in [-0.2, 0) is 0 Å². The van der Waals surface area contributed by atoms with Crippen LogP contribution in [0, 0.1) is 4.91 Å². The van der Waals surface area contributed by atoms with Gasteiger partial charge in [0.1, 0.15) is 5.75 Å². The molecule has 0 aliphatic heterocycles. The lowest BCUT2D eigenvalue weighted by Crippen LogP contribution is -2.28. The lowest BCUT2D eigenvalue weighted by Gasteiger charge is -2.20. The maximum Gasteiger partial charge on any atom is 0.438 e. The largest absolute Gasteiger partial charge is 0.438 e. The molecule has 0 unspecified atom stereocenters. The summed E-state index contributed by atoms with van der Waals surface area (Å²) in [5.74, 6) is 0.401. The fraction of sp³-hybridized carbons (Fsp3) is 0.462. The zero-order chi connectivity index (χ0) is 14.4. The molecular weight excluding hydrogens is 246 g/mol. The van der Waals surface area contributed by atoms with E-state index < -0.39 is 6.09 Å². The van der Waals surface area contributed by atoms with Gasteiger partial charge in [-0.1, -0.05) is 12.1 Å². The third kappa shape index (κ3) is 4.03. The van der Waals surface area contributed by atoms with Crippen molar-refractivity contribution in [2.75, 3.05) is 20.6 Å². The predicted molar refractivity (Wildman–Crippen MR) is 72.7 cm³/mol. The van der Waals surface area contributed by atoms with E-state index in [-0.39, 0.29) is 12.6 Å². The van der Waals surface area contributed by atoms with Crippen molar-refractivity contribution in [3.8, 4) is 5.75 Å². The molecule has 0 spiro atoms. The van der Waals surface area contributed by atoms with Crippen LogP contribution in [0.15, 0.2) is 29.6 Å². The van der Waals surface area contributed by atoms with Gasteiger partial charge in [-0.2, -0.15) is 5.01 Å². The fourth-order valence-corrected chi connectivity index (χ4v) is 1.51. The topological polar surface area (TPSA) is 62.2 Å². The average Bonchev–Trinajstić information content (AvgIpc) is 2.39. The summed E-state index contributed by atoms with van der Waals surface area (Å²) in [6.07, 6.45) is -0.771. The normalized spacial score (nSPS) is 12.1. The highest BCUT2D eigenvalue weighted by Gasteiger charge is 2.15. The Kier molecular flexibility index (Phi) is 5.44. The first-order chi connectivity index (χ1) is 8.99. The van der Waals surface area contributed by atoms with Gasteiger partial charge in [-0.25, -0.2) is 4.79 Å². The van der Waals surface area contributed by atoms with Crippen molar-refractivity contribution in [2.45, 2.75) is 19.9 Å². The minimum Gasteiger partial charge on any atom is -0.409 e. The Hall–Kier alpha value is -1.95. The van der Waals surface area contributed by atoms with Crippen molar-refractivity contribution in [1.29, 1.82) is 0 Å². The first-order valence-corrected chi connectivity index (χ1v) is 6.08. The van der Waals surface area contributed by atoms with Gasteiger partial charge >= 0.3 is 6.09 Å². The van der Waals surface area contributed by atoms with Crippen LogP contribution < -0.4 is 4.74 Å². The molecule has 6 nitrogen and oxygen atoms in total. The summed E-state index contributed by atoms with van der Waals surface area (Å²) in [5.41, 5.74) is 1.03. The number of nitrogens with zero attached hydrogens (tertiary/aromatic N) is 3. The standard InChI is InChI=1S/C13H19N3O3/c1-5-16(14-18)13(17)19-12-8-6-7-11(9-12)10(2)15(3)4/h6-10H,5H2,1-4H3/t10-/m0/s1. The van der Waals surface area contributed by atoms with Gasteiger partial charge in [-0.3, -0.25) is 0 Å². The zero-order valence-electron chi connectivity index (χ0n) is 11.7. The lowest BCUT2D eigenvalue weighted by molar-refractivity contribution is 0.155. The summed E-state index contributed by atoms with van der Waals surface area (Å²) in [6, 6.07) is 7.41. The highest BCUT2D eigenvalue weighted by atomic mass is 16.6. The van der Waals surface area contributed by atoms with Crippen LogP contribution in [0.4, 0.5) is 4.79 Å². The minimum atomic E-state index is -0.771. The molecule has 0 saturated heterocycles. The monoisotopic (exact) mass is 265 g/mol. The first kappa shape index (κ1) is 15.1. The van der Waals surface area contributed by atoms with Gasteiger partial charge in [0.2, 0.25) is 0 Å². The molecule has 0 bridgehead atoms. The number of ether oxygens (including phenoxy) is 1. The molecule has 1 aromatic carbocycles. The fourth-order valence-electron chi connectivity index (χ4n) is 1.51. The average molecular weight is 265 g/mol. The van der Waals surface area contributed by atoms with E-state index in [0.717, 1.165) is 10.6 Å². The maximum atomic E-state index is 11.6. The molecule has 1 aromatic rings. The van der Waals surface area contributed by atoms with E-state index >= 15 is 0 Å². The van der Waals surface area contributed by atoms with Crippen molar-refractivity contribution in [2.24, 2.45) is 5.29 Å². The molecule has 0 radical (unpaired) electrons. The SMILES string of the molecule is CCN(N=O)C(=O)Oc1cccc([C@H](C)N(C)C)c1. The Balaban J connectivity index is 2.83. The van der Waals surface area contributed by atoms with E-state index in [0.29, 0.717) is 5.75 Å². The molecule has 1 amide bonds. The second-order valence-corrected chi connectivity index (χ2v) is 4.38. The van der Waals surface area contributed by atoms with Gasteiger partial charge in [0.15, 0.2) is 0 Å². The summed E-state index contributed by atoms with van der Waals surface area (Å²) < 4.78 is 5.10. The van der Waals surface area contributed by atoms with E-state index in [4.69, 9.17) is 4.74 Å². The number of nitroso groups, excluding NO2 is 1. The number of hydrogen-bond donors (Lipinski definition) is 0. The number of carbonyl (C=O) groups is 1. The van der Waals surface area contributed by atoms with Gasteiger partial charge in [0, 0.05) is 12.6 Å². The van der Waals surface area contributed by atoms with Crippen LogP contribution in [0.2, 0.25) is 0 Å². The Morgan fingerprint density at radius 1 is 1.42 bits per heavy atom. The van der Waals surface area contributed by atoms with Crippen LogP contribution in [0.25, 0.3) is 0 Å². The third-order valence-electron chi connectivity index (χ3n) is 2.93. The molecule has 0 aliphatic rings. The second-order valence-electron chi connectivity index (χ2n) is 4.38. The van der Waals surface area contributed by atoms with Crippen molar-refractivity contribution in [1.82, 2.24) is 9.91 Å². The Labute approximate surface area is 112 Å². The highest BCUT2D eigenvalue weighted by molar-refractivity contribution is 5.70. The molecule has 0 saturated carbocycles.